The second-order valence-corrected chi connectivity index (χ2v) is 5.27. The molecule has 0 aliphatic heterocycles. The Kier molecular flexibility index (Phi) is 7.82. The highest BCUT2D eigenvalue weighted by Crippen LogP contribution is 2.24. The van der Waals surface area contributed by atoms with Gasteiger partial charge < -0.3 is 20.1 Å². The van der Waals surface area contributed by atoms with Crippen LogP contribution in [0.15, 0.2) is 0 Å². The number of nitrogens with one attached hydrogen (secondary N) is 1. The van der Waals surface area contributed by atoms with Gasteiger partial charge in [-0.3, -0.25) is 0 Å². The maximum Gasteiger partial charge on any atom is 0.317 e. The Morgan fingerprint density at radius 1 is 1.42 bits per heavy atom. The van der Waals surface area contributed by atoms with E-state index in [9.17, 15) is 9.90 Å². The van der Waals surface area contributed by atoms with E-state index in [1.165, 1.54) is 0 Å². The van der Waals surface area contributed by atoms with Crippen LogP contribution in [0.25, 0.3) is 0 Å². The van der Waals surface area contributed by atoms with Crippen LogP contribution in [0.5, 0.6) is 0 Å². The zero-order valence-corrected chi connectivity index (χ0v) is 12.2. The fourth-order valence-corrected chi connectivity index (χ4v) is 2.48. The minimum Gasteiger partial charge on any atom is -0.393 e. The summed E-state index contributed by atoms with van der Waals surface area (Å²) in [6, 6.07) is -0.0609. The minimum absolute atomic E-state index is 0.0609. The van der Waals surface area contributed by atoms with E-state index >= 15 is 0 Å². The standard InChI is InChI=1S/C14H28N2O3/c1-3-19-10-6-9-15-14(18)16(2)11-12-7-4-5-8-13(12)17/h12-13,17H,3-11H2,1-2H3,(H,15,18). The smallest absolute Gasteiger partial charge is 0.317 e. The first kappa shape index (κ1) is 16.2. The summed E-state index contributed by atoms with van der Waals surface area (Å²) in [6.45, 7) is 4.63. The second-order valence-electron chi connectivity index (χ2n) is 5.27. The summed E-state index contributed by atoms with van der Waals surface area (Å²) in [7, 11) is 1.79. The number of urea groups is 1. The molecule has 0 spiro atoms. The Bertz CT molecular complexity index is 261. The molecule has 0 heterocycles. The summed E-state index contributed by atoms with van der Waals surface area (Å²) in [6.07, 6.45) is 4.73. The number of rotatable bonds is 7. The molecule has 19 heavy (non-hydrogen) atoms. The van der Waals surface area contributed by atoms with Crippen molar-refractivity contribution in [1.29, 1.82) is 0 Å². The molecule has 1 aliphatic rings. The zero-order chi connectivity index (χ0) is 14.1. The van der Waals surface area contributed by atoms with E-state index in [4.69, 9.17) is 4.74 Å². The molecule has 2 N–H and O–H groups in total. The van der Waals surface area contributed by atoms with Crippen molar-refractivity contribution in [3.05, 3.63) is 0 Å². The van der Waals surface area contributed by atoms with Crippen molar-refractivity contribution in [3.63, 3.8) is 0 Å². The molecule has 112 valence electrons. The second kappa shape index (κ2) is 9.15. The number of aliphatic hydroxyl groups excluding tert-OH is 1. The molecule has 0 saturated heterocycles. The highest BCUT2D eigenvalue weighted by Gasteiger charge is 2.25. The maximum atomic E-state index is 11.8. The van der Waals surface area contributed by atoms with Gasteiger partial charge in [0.15, 0.2) is 0 Å². The summed E-state index contributed by atoms with van der Waals surface area (Å²) >= 11 is 0. The number of carbonyl (C=O) groups excluding carboxylic acids is 1. The van der Waals surface area contributed by atoms with Gasteiger partial charge in [0.05, 0.1) is 6.10 Å². The Balaban J connectivity index is 2.16. The van der Waals surface area contributed by atoms with Crippen LogP contribution in [0, 0.1) is 5.92 Å². The van der Waals surface area contributed by atoms with Crippen molar-refractivity contribution >= 4 is 6.03 Å². The first-order valence-electron chi connectivity index (χ1n) is 7.40. The van der Waals surface area contributed by atoms with Gasteiger partial charge in [0.25, 0.3) is 0 Å². The third-order valence-corrected chi connectivity index (χ3v) is 3.67. The quantitative estimate of drug-likeness (QED) is 0.692. The molecule has 0 aromatic carbocycles. The Hall–Kier alpha value is -0.810. The van der Waals surface area contributed by atoms with Crippen LogP contribution >= 0.6 is 0 Å². The molecule has 1 rings (SSSR count). The van der Waals surface area contributed by atoms with Crippen LogP contribution in [-0.4, -0.2) is 55.5 Å². The zero-order valence-electron chi connectivity index (χ0n) is 12.2. The van der Waals surface area contributed by atoms with E-state index < -0.39 is 0 Å². The number of ether oxygens (including phenoxy) is 1. The summed E-state index contributed by atoms with van der Waals surface area (Å²) in [4.78, 5) is 13.5. The van der Waals surface area contributed by atoms with E-state index in [0.29, 0.717) is 26.3 Å². The van der Waals surface area contributed by atoms with E-state index in [2.05, 4.69) is 5.32 Å². The summed E-state index contributed by atoms with van der Waals surface area (Å²) < 4.78 is 5.21. The summed E-state index contributed by atoms with van der Waals surface area (Å²) in [5.41, 5.74) is 0. The van der Waals surface area contributed by atoms with Gasteiger partial charge in [0, 0.05) is 39.3 Å². The van der Waals surface area contributed by atoms with E-state index in [-0.39, 0.29) is 18.1 Å². The molecular formula is C14H28N2O3. The van der Waals surface area contributed by atoms with Crippen molar-refractivity contribution in [2.75, 3.05) is 33.4 Å². The van der Waals surface area contributed by atoms with Gasteiger partial charge in [-0.2, -0.15) is 0 Å². The van der Waals surface area contributed by atoms with Crippen LogP contribution < -0.4 is 5.32 Å². The number of aliphatic hydroxyl groups is 1. The van der Waals surface area contributed by atoms with Gasteiger partial charge in [-0.25, -0.2) is 4.79 Å². The Morgan fingerprint density at radius 3 is 2.84 bits per heavy atom. The molecule has 0 aromatic heterocycles. The molecule has 0 aromatic rings. The third kappa shape index (κ3) is 6.25. The average Bonchev–Trinajstić information content (AvgIpc) is 2.41. The topological polar surface area (TPSA) is 61.8 Å². The van der Waals surface area contributed by atoms with E-state index in [0.717, 1.165) is 32.1 Å². The minimum atomic E-state index is -0.248. The van der Waals surface area contributed by atoms with Crippen LogP contribution in [0.3, 0.4) is 0 Å². The normalized spacial score (nSPS) is 23.1. The van der Waals surface area contributed by atoms with Crippen LogP contribution in [0.4, 0.5) is 4.79 Å². The lowest BCUT2D eigenvalue weighted by atomic mass is 9.86. The molecule has 1 aliphatic carbocycles. The molecule has 2 unspecified atom stereocenters. The van der Waals surface area contributed by atoms with Gasteiger partial charge in [-0.15, -0.1) is 0 Å². The first-order chi connectivity index (χ1) is 9.15. The molecule has 2 atom stereocenters. The van der Waals surface area contributed by atoms with Gasteiger partial charge in [0.2, 0.25) is 0 Å². The number of carbonyl (C=O) groups is 1. The Morgan fingerprint density at radius 2 is 2.16 bits per heavy atom. The van der Waals surface area contributed by atoms with E-state index in [1.807, 2.05) is 6.92 Å². The number of hydrogen-bond donors (Lipinski definition) is 2. The fourth-order valence-electron chi connectivity index (χ4n) is 2.48. The van der Waals surface area contributed by atoms with Crippen molar-refractivity contribution in [2.45, 2.75) is 45.1 Å². The van der Waals surface area contributed by atoms with Gasteiger partial charge in [-0.05, 0) is 26.2 Å². The molecule has 5 heteroatoms. The summed E-state index contributed by atoms with van der Waals surface area (Å²) in [5.74, 6) is 0.230. The number of nitrogens with zero attached hydrogens (tertiary/aromatic N) is 1. The molecule has 1 saturated carbocycles. The predicted molar refractivity (Wildman–Crippen MR) is 75.1 cm³/mol. The molecule has 5 nitrogen and oxygen atoms in total. The number of amides is 2. The van der Waals surface area contributed by atoms with Gasteiger partial charge in [0.1, 0.15) is 0 Å². The lowest BCUT2D eigenvalue weighted by molar-refractivity contribution is 0.0564. The van der Waals surface area contributed by atoms with Crippen LogP contribution in [0.2, 0.25) is 0 Å². The molecule has 1 fully saturated rings. The average molecular weight is 272 g/mol. The monoisotopic (exact) mass is 272 g/mol. The van der Waals surface area contributed by atoms with Crippen LogP contribution in [-0.2, 0) is 4.74 Å². The maximum absolute atomic E-state index is 11.8. The summed E-state index contributed by atoms with van der Waals surface area (Å²) in [5, 5.41) is 12.8. The van der Waals surface area contributed by atoms with E-state index in [1.54, 1.807) is 11.9 Å². The van der Waals surface area contributed by atoms with Crippen molar-refractivity contribution in [1.82, 2.24) is 10.2 Å². The van der Waals surface area contributed by atoms with Crippen molar-refractivity contribution in [2.24, 2.45) is 5.92 Å². The Labute approximate surface area is 116 Å². The lowest BCUT2D eigenvalue weighted by Crippen LogP contribution is -2.43. The number of hydrogen-bond acceptors (Lipinski definition) is 3. The van der Waals surface area contributed by atoms with Gasteiger partial charge in [-0.1, -0.05) is 12.8 Å². The largest absolute Gasteiger partial charge is 0.393 e. The SMILES string of the molecule is CCOCCCNC(=O)N(C)CC1CCCCC1O. The van der Waals surface area contributed by atoms with Gasteiger partial charge >= 0.3 is 6.03 Å². The highest BCUT2D eigenvalue weighted by molar-refractivity contribution is 5.73. The highest BCUT2D eigenvalue weighted by atomic mass is 16.5. The molecular weight excluding hydrogens is 244 g/mol. The third-order valence-electron chi connectivity index (χ3n) is 3.67. The molecule has 0 bridgehead atoms. The molecule has 0 radical (unpaired) electrons. The lowest BCUT2D eigenvalue weighted by Gasteiger charge is -2.31. The first-order valence-corrected chi connectivity index (χ1v) is 7.40. The molecule has 2 amide bonds. The van der Waals surface area contributed by atoms with Crippen molar-refractivity contribution in [3.8, 4) is 0 Å². The van der Waals surface area contributed by atoms with Crippen molar-refractivity contribution < 1.29 is 14.6 Å². The predicted octanol–water partition coefficient (Wildman–Crippen LogP) is 1.61. The fraction of sp³-hybridized carbons (Fsp3) is 0.929. The van der Waals surface area contributed by atoms with Crippen LogP contribution in [0.1, 0.15) is 39.0 Å².